The quantitative estimate of drug-likeness (QED) is 0.683. The average Bonchev–Trinajstić information content (AvgIpc) is 2.77. The predicted octanol–water partition coefficient (Wildman–Crippen LogP) is 1.48. The maximum absolute atomic E-state index is 3.93. The third-order valence-corrected chi connectivity index (χ3v) is 1.70. The third-order valence-electron chi connectivity index (χ3n) is 1.70. The summed E-state index contributed by atoms with van der Waals surface area (Å²) in [5.74, 6) is 0. The van der Waals surface area contributed by atoms with Gasteiger partial charge < -0.3 is 0 Å². The summed E-state index contributed by atoms with van der Waals surface area (Å²) >= 11 is 0. The van der Waals surface area contributed by atoms with Crippen LogP contribution in [0, 0.1) is 0 Å². The molecule has 0 bridgehead atoms. The van der Waals surface area contributed by atoms with Crippen molar-refractivity contribution in [2.75, 3.05) is 0 Å². The van der Waals surface area contributed by atoms with Crippen molar-refractivity contribution >= 4 is 6.08 Å². The normalized spacial score (nSPS) is 9.00. The standard InChI is InChI=1S/C6H8N2.C4H6N2/c1-3-6-4-5-7-8(6)2;1-6-4-2-3-5-6/h3-5H,1H2,2H3;2-4H,1H3. The number of aromatic nitrogens is 4. The monoisotopic (exact) mass is 190 g/mol. The molecule has 0 aliphatic heterocycles. The first-order valence-corrected chi connectivity index (χ1v) is 4.28. The zero-order chi connectivity index (χ0) is 10.4. The van der Waals surface area contributed by atoms with Crippen LogP contribution in [-0.2, 0) is 14.1 Å². The molecule has 14 heavy (non-hydrogen) atoms. The highest BCUT2D eigenvalue weighted by molar-refractivity contribution is 5.40. The number of hydrogen-bond acceptors (Lipinski definition) is 2. The van der Waals surface area contributed by atoms with Crippen LogP contribution in [0.1, 0.15) is 5.69 Å². The summed E-state index contributed by atoms with van der Waals surface area (Å²) < 4.78 is 3.52. The Morgan fingerprint density at radius 3 is 2.29 bits per heavy atom. The van der Waals surface area contributed by atoms with Crippen molar-refractivity contribution in [2.45, 2.75) is 0 Å². The van der Waals surface area contributed by atoms with Gasteiger partial charge in [0.25, 0.3) is 0 Å². The van der Waals surface area contributed by atoms with E-state index in [2.05, 4.69) is 16.8 Å². The highest BCUT2D eigenvalue weighted by Gasteiger charge is 1.86. The van der Waals surface area contributed by atoms with Gasteiger partial charge in [-0.2, -0.15) is 10.2 Å². The van der Waals surface area contributed by atoms with E-state index < -0.39 is 0 Å². The second-order valence-corrected chi connectivity index (χ2v) is 2.76. The molecule has 0 radical (unpaired) electrons. The van der Waals surface area contributed by atoms with Gasteiger partial charge in [-0.15, -0.1) is 0 Å². The average molecular weight is 190 g/mol. The number of aryl methyl sites for hydroxylation is 2. The van der Waals surface area contributed by atoms with Crippen LogP contribution in [0.25, 0.3) is 6.08 Å². The van der Waals surface area contributed by atoms with Crippen LogP contribution in [0.4, 0.5) is 0 Å². The molecule has 0 atom stereocenters. The van der Waals surface area contributed by atoms with E-state index in [0.29, 0.717) is 0 Å². The lowest BCUT2D eigenvalue weighted by Gasteiger charge is -1.89. The molecule has 0 amide bonds. The Labute approximate surface area is 83.5 Å². The topological polar surface area (TPSA) is 35.6 Å². The third kappa shape index (κ3) is 2.90. The molecule has 2 aromatic heterocycles. The summed E-state index contributed by atoms with van der Waals surface area (Å²) in [6, 6.07) is 3.80. The van der Waals surface area contributed by atoms with Gasteiger partial charge in [0.15, 0.2) is 0 Å². The van der Waals surface area contributed by atoms with Gasteiger partial charge in [-0.25, -0.2) is 0 Å². The van der Waals surface area contributed by atoms with Gasteiger partial charge in [0.2, 0.25) is 0 Å². The minimum Gasteiger partial charge on any atom is -0.276 e. The largest absolute Gasteiger partial charge is 0.276 e. The molecule has 4 nitrogen and oxygen atoms in total. The molecule has 2 aromatic rings. The second-order valence-electron chi connectivity index (χ2n) is 2.76. The van der Waals surface area contributed by atoms with Crippen molar-refractivity contribution in [1.82, 2.24) is 19.6 Å². The van der Waals surface area contributed by atoms with Crippen molar-refractivity contribution in [3.05, 3.63) is 43.0 Å². The Bertz CT molecular complexity index is 372. The summed E-state index contributed by atoms with van der Waals surface area (Å²) in [7, 11) is 3.77. The Kier molecular flexibility index (Phi) is 3.67. The van der Waals surface area contributed by atoms with Crippen LogP contribution < -0.4 is 0 Å². The molecule has 2 heterocycles. The SMILES string of the molecule is C=Cc1ccnn1C.Cn1cccn1. The lowest BCUT2D eigenvalue weighted by atomic mass is 10.4. The zero-order valence-corrected chi connectivity index (χ0v) is 8.46. The predicted molar refractivity (Wildman–Crippen MR) is 56.5 cm³/mol. The molecule has 0 saturated carbocycles. The Morgan fingerprint density at radius 1 is 1.29 bits per heavy atom. The van der Waals surface area contributed by atoms with Crippen LogP contribution in [0.3, 0.4) is 0 Å². The molecule has 4 heteroatoms. The molecule has 2 rings (SSSR count). The fourth-order valence-electron chi connectivity index (χ4n) is 0.930. The van der Waals surface area contributed by atoms with Gasteiger partial charge in [-0.3, -0.25) is 9.36 Å². The van der Waals surface area contributed by atoms with E-state index in [1.807, 2.05) is 32.4 Å². The Balaban J connectivity index is 0.000000146. The zero-order valence-electron chi connectivity index (χ0n) is 8.46. The summed E-state index contributed by atoms with van der Waals surface area (Å²) in [6.45, 7) is 3.60. The van der Waals surface area contributed by atoms with Crippen molar-refractivity contribution in [3.8, 4) is 0 Å². The van der Waals surface area contributed by atoms with Crippen molar-refractivity contribution in [2.24, 2.45) is 14.1 Å². The van der Waals surface area contributed by atoms with Crippen LogP contribution in [0.15, 0.2) is 37.3 Å². The summed E-state index contributed by atoms with van der Waals surface area (Å²) in [4.78, 5) is 0. The first kappa shape index (κ1) is 10.2. The molecule has 0 aliphatic rings. The van der Waals surface area contributed by atoms with Crippen molar-refractivity contribution < 1.29 is 0 Å². The van der Waals surface area contributed by atoms with E-state index in [1.165, 1.54) is 0 Å². The summed E-state index contributed by atoms with van der Waals surface area (Å²) in [5.41, 5.74) is 1.05. The minimum atomic E-state index is 1.05. The summed E-state index contributed by atoms with van der Waals surface area (Å²) in [5, 5.41) is 7.77. The number of hydrogen-bond donors (Lipinski definition) is 0. The van der Waals surface area contributed by atoms with E-state index in [9.17, 15) is 0 Å². The highest BCUT2D eigenvalue weighted by Crippen LogP contribution is 1.95. The van der Waals surface area contributed by atoms with Crippen LogP contribution in [-0.4, -0.2) is 19.6 Å². The van der Waals surface area contributed by atoms with Crippen LogP contribution in [0.5, 0.6) is 0 Å². The van der Waals surface area contributed by atoms with Gasteiger partial charge in [-0.05, 0) is 18.2 Å². The van der Waals surface area contributed by atoms with E-state index in [-0.39, 0.29) is 0 Å². The van der Waals surface area contributed by atoms with E-state index >= 15 is 0 Å². The van der Waals surface area contributed by atoms with Gasteiger partial charge >= 0.3 is 0 Å². The Hall–Kier alpha value is -1.84. The molecule has 74 valence electrons. The molecule has 0 unspecified atom stereocenters. The van der Waals surface area contributed by atoms with E-state index in [4.69, 9.17) is 0 Å². The minimum absolute atomic E-state index is 1.05. The summed E-state index contributed by atoms with van der Waals surface area (Å²) in [6.07, 6.45) is 7.16. The number of rotatable bonds is 1. The van der Waals surface area contributed by atoms with Gasteiger partial charge in [0.1, 0.15) is 0 Å². The number of nitrogens with zero attached hydrogens (tertiary/aromatic N) is 4. The Morgan fingerprint density at radius 2 is 2.07 bits per heavy atom. The maximum atomic E-state index is 3.93. The maximum Gasteiger partial charge on any atom is 0.0600 e. The smallest absolute Gasteiger partial charge is 0.0600 e. The van der Waals surface area contributed by atoms with Crippen LogP contribution >= 0.6 is 0 Å². The van der Waals surface area contributed by atoms with E-state index in [0.717, 1.165) is 5.69 Å². The molecule has 0 saturated heterocycles. The molecular weight excluding hydrogens is 176 g/mol. The lowest BCUT2D eigenvalue weighted by Crippen LogP contribution is -1.90. The first-order valence-electron chi connectivity index (χ1n) is 4.28. The molecular formula is C10H14N4. The van der Waals surface area contributed by atoms with Gasteiger partial charge in [-0.1, -0.05) is 6.58 Å². The van der Waals surface area contributed by atoms with E-state index in [1.54, 1.807) is 27.8 Å². The molecule has 0 aromatic carbocycles. The van der Waals surface area contributed by atoms with Crippen molar-refractivity contribution in [1.29, 1.82) is 0 Å². The van der Waals surface area contributed by atoms with Gasteiger partial charge in [0.05, 0.1) is 5.69 Å². The lowest BCUT2D eigenvalue weighted by molar-refractivity contribution is 0.760. The molecule has 0 aliphatic carbocycles. The molecule has 0 fully saturated rings. The van der Waals surface area contributed by atoms with Gasteiger partial charge in [0, 0.05) is 32.7 Å². The fourth-order valence-corrected chi connectivity index (χ4v) is 0.930. The molecule has 0 N–H and O–H groups in total. The second kappa shape index (κ2) is 5.01. The van der Waals surface area contributed by atoms with Crippen LogP contribution in [0.2, 0.25) is 0 Å². The first-order chi connectivity index (χ1) is 6.74. The molecule has 0 spiro atoms. The van der Waals surface area contributed by atoms with Crippen molar-refractivity contribution in [3.63, 3.8) is 0 Å². The fraction of sp³-hybridized carbons (Fsp3) is 0.200. The highest BCUT2D eigenvalue weighted by atomic mass is 15.2.